The van der Waals surface area contributed by atoms with E-state index in [1.165, 1.54) is 12.8 Å². The van der Waals surface area contributed by atoms with Gasteiger partial charge in [-0.25, -0.2) is 0 Å². The molecule has 0 bridgehead atoms. The molecule has 4 heteroatoms. The van der Waals surface area contributed by atoms with E-state index < -0.39 is 0 Å². The maximum absolute atomic E-state index is 11.9. The second-order valence-electron chi connectivity index (χ2n) is 5.16. The van der Waals surface area contributed by atoms with E-state index in [1.54, 1.807) is 25.1 Å². The predicted molar refractivity (Wildman–Crippen MR) is 74.9 cm³/mol. The van der Waals surface area contributed by atoms with Gasteiger partial charge in [0.15, 0.2) is 0 Å². The van der Waals surface area contributed by atoms with Crippen LogP contribution in [0.1, 0.15) is 30.1 Å². The first-order valence-corrected chi connectivity index (χ1v) is 6.38. The Morgan fingerprint density at radius 3 is 2.67 bits per heavy atom. The lowest BCUT2D eigenvalue weighted by Gasteiger charge is -2.25. The number of nitrogen functional groups attached to an aromatic ring is 1. The topological polar surface area (TPSA) is 49.6 Å². The molecular formula is C14H21N3O. The first-order chi connectivity index (χ1) is 8.50. The largest absolute Gasteiger partial charge is 0.397 e. The Balaban J connectivity index is 2.28. The van der Waals surface area contributed by atoms with Crippen LogP contribution in [0.2, 0.25) is 0 Å². The van der Waals surface area contributed by atoms with Crippen molar-refractivity contribution in [3.63, 3.8) is 0 Å². The molecule has 0 spiro atoms. The Hall–Kier alpha value is -1.71. The van der Waals surface area contributed by atoms with E-state index in [2.05, 4.69) is 11.8 Å². The van der Waals surface area contributed by atoms with Crippen LogP contribution in [-0.4, -0.2) is 37.5 Å². The van der Waals surface area contributed by atoms with E-state index in [1.807, 2.05) is 12.1 Å². The molecule has 1 aromatic rings. The molecule has 1 heterocycles. The van der Waals surface area contributed by atoms with Gasteiger partial charge in [-0.3, -0.25) is 4.79 Å². The molecule has 1 atom stereocenters. The van der Waals surface area contributed by atoms with Gasteiger partial charge in [-0.2, -0.15) is 0 Å². The number of nitrogens with zero attached hydrogens (tertiary/aromatic N) is 2. The maximum Gasteiger partial charge on any atom is 0.253 e. The third kappa shape index (κ3) is 2.28. The number of amides is 1. The molecule has 18 heavy (non-hydrogen) atoms. The van der Waals surface area contributed by atoms with Crippen LogP contribution in [-0.2, 0) is 0 Å². The van der Waals surface area contributed by atoms with Crippen molar-refractivity contribution in [2.24, 2.45) is 0 Å². The third-order valence-corrected chi connectivity index (χ3v) is 3.54. The summed E-state index contributed by atoms with van der Waals surface area (Å²) < 4.78 is 0. The number of carbonyl (C=O) groups is 1. The van der Waals surface area contributed by atoms with E-state index in [0.717, 1.165) is 12.2 Å². The molecule has 0 aromatic heterocycles. The van der Waals surface area contributed by atoms with Gasteiger partial charge in [-0.05, 0) is 38.0 Å². The Morgan fingerprint density at radius 1 is 1.44 bits per heavy atom. The fourth-order valence-electron chi connectivity index (χ4n) is 2.50. The molecule has 2 N–H and O–H groups in total. The van der Waals surface area contributed by atoms with Gasteiger partial charge in [0.1, 0.15) is 0 Å². The van der Waals surface area contributed by atoms with Crippen molar-refractivity contribution < 1.29 is 4.79 Å². The van der Waals surface area contributed by atoms with Gasteiger partial charge in [-0.1, -0.05) is 0 Å². The standard InChI is InChI=1S/C14H21N3O/c1-10-5-4-8-17(10)13-7-6-11(9-12(13)15)14(18)16(2)3/h6-7,9-10H,4-5,8,15H2,1-3H3. The first kappa shape index (κ1) is 12.7. The molecule has 0 radical (unpaired) electrons. The molecule has 1 fully saturated rings. The highest BCUT2D eigenvalue weighted by Crippen LogP contribution is 2.31. The summed E-state index contributed by atoms with van der Waals surface area (Å²) in [5, 5.41) is 0. The minimum absolute atomic E-state index is 0.0114. The van der Waals surface area contributed by atoms with Crippen molar-refractivity contribution in [3.05, 3.63) is 23.8 Å². The molecule has 2 rings (SSSR count). The SMILES string of the molecule is CC1CCCN1c1ccc(C(=O)N(C)C)cc1N. The Kier molecular flexibility index (Phi) is 3.45. The van der Waals surface area contributed by atoms with E-state index in [4.69, 9.17) is 5.73 Å². The van der Waals surface area contributed by atoms with Crippen molar-refractivity contribution in [3.8, 4) is 0 Å². The summed E-state index contributed by atoms with van der Waals surface area (Å²) >= 11 is 0. The number of carbonyl (C=O) groups excluding carboxylic acids is 1. The second-order valence-corrected chi connectivity index (χ2v) is 5.16. The lowest BCUT2D eigenvalue weighted by atomic mass is 10.1. The van der Waals surface area contributed by atoms with Gasteiger partial charge < -0.3 is 15.5 Å². The van der Waals surface area contributed by atoms with Crippen LogP contribution in [0.25, 0.3) is 0 Å². The summed E-state index contributed by atoms with van der Waals surface area (Å²) in [6, 6.07) is 6.14. The number of benzene rings is 1. The van der Waals surface area contributed by atoms with Gasteiger partial charge in [-0.15, -0.1) is 0 Å². The highest BCUT2D eigenvalue weighted by molar-refractivity contribution is 5.95. The molecule has 1 aliphatic heterocycles. The smallest absolute Gasteiger partial charge is 0.253 e. The molecule has 0 aliphatic carbocycles. The number of anilines is 2. The van der Waals surface area contributed by atoms with Gasteiger partial charge in [0.05, 0.1) is 11.4 Å². The minimum Gasteiger partial charge on any atom is -0.397 e. The Labute approximate surface area is 108 Å². The molecule has 4 nitrogen and oxygen atoms in total. The lowest BCUT2D eigenvalue weighted by molar-refractivity contribution is 0.0827. The number of hydrogen-bond donors (Lipinski definition) is 1. The van der Waals surface area contributed by atoms with Crippen LogP contribution >= 0.6 is 0 Å². The number of hydrogen-bond acceptors (Lipinski definition) is 3. The summed E-state index contributed by atoms with van der Waals surface area (Å²) in [6.07, 6.45) is 2.41. The lowest BCUT2D eigenvalue weighted by Crippen LogP contribution is -2.27. The maximum atomic E-state index is 11.9. The Morgan fingerprint density at radius 2 is 2.17 bits per heavy atom. The zero-order valence-corrected chi connectivity index (χ0v) is 11.3. The molecule has 0 saturated carbocycles. The van der Waals surface area contributed by atoms with E-state index in [0.29, 0.717) is 17.3 Å². The quantitative estimate of drug-likeness (QED) is 0.813. The second kappa shape index (κ2) is 4.88. The molecule has 1 saturated heterocycles. The summed E-state index contributed by atoms with van der Waals surface area (Å²) in [5.74, 6) is -0.0114. The van der Waals surface area contributed by atoms with E-state index >= 15 is 0 Å². The van der Waals surface area contributed by atoms with Crippen molar-refractivity contribution in [1.29, 1.82) is 0 Å². The monoisotopic (exact) mass is 247 g/mol. The van der Waals surface area contributed by atoms with Crippen LogP contribution in [0, 0.1) is 0 Å². The van der Waals surface area contributed by atoms with Crippen LogP contribution in [0.4, 0.5) is 11.4 Å². The summed E-state index contributed by atoms with van der Waals surface area (Å²) in [4.78, 5) is 15.7. The van der Waals surface area contributed by atoms with Crippen molar-refractivity contribution in [2.75, 3.05) is 31.3 Å². The van der Waals surface area contributed by atoms with Gasteiger partial charge in [0, 0.05) is 32.2 Å². The van der Waals surface area contributed by atoms with Crippen molar-refractivity contribution in [2.45, 2.75) is 25.8 Å². The fraction of sp³-hybridized carbons (Fsp3) is 0.500. The highest BCUT2D eigenvalue weighted by Gasteiger charge is 2.22. The Bertz CT molecular complexity index is 456. The number of rotatable bonds is 2. The predicted octanol–water partition coefficient (Wildman–Crippen LogP) is 1.96. The third-order valence-electron chi connectivity index (χ3n) is 3.54. The van der Waals surface area contributed by atoms with Gasteiger partial charge in [0.2, 0.25) is 0 Å². The van der Waals surface area contributed by atoms with Crippen LogP contribution in [0.5, 0.6) is 0 Å². The normalized spacial score (nSPS) is 19.1. The average Bonchev–Trinajstić information content (AvgIpc) is 2.74. The zero-order chi connectivity index (χ0) is 13.3. The molecule has 98 valence electrons. The van der Waals surface area contributed by atoms with E-state index in [-0.39, 0.29) is 5.91 Å². The first-order valence-electron chi connectivity index (χ1n) is 6.38. The van der Waals surface area contributed by atoms with Crippen LogP contribution in [0.15, 0.2) is 18.2 Å². The minimum atomic E-state index is -0.0114. The molecule has 1 aromatic carbocycles. The number of nitrogens with two attached hydrogens (primary N) is 1. The summed E-state index contributed by atoms with van der Waals surface area (Å²) in [6.45, 7) is 3.26. The van der Waals surface area contributed by atoms with Gasteiger partial charge >= 0.3 is 0 Å². The van der Waals surface area contributed by atoms with Crippen molar-refractivity contribution in [1.82, 2.24) is 4.90 Å². The average molecular weight is 247 g/mol. The summed E-state index contributed by atoms with van der Waals surface area (Å²) in [7, 11) is 3.49. The van der Waals surface area contributed by atoms with Crippen LogP contribution < -0.4 is 10.6 Å². The molecule has 1 amide bonds. The van der Waals surface area contributed by atoms with Gasteiger partial charge in [0.25, 0.3) is 5.91 Å². The molecular weight excluding hydrogens is 226 g/mol. The fourth-order valence-corrected chi connectivity index (χ4v) is 2.50. The summed E-state index contributed by atoms with van der Waals surface area (Å²) in [5.41, 5.74) is 8.48. The zero-order valence-electron chi connectivity index (χ0n) is 11.3. The van der Waals surface area contributed by atoms with Crippen LogP contribution in [0.3, 0.4) is 0 Å². The molecule has 1 unspecified atom stereocenters. The van der Waals surface area contributed by atoms with E-state index in [9.17, 15) is 4.79 Å². The van der Waals surface area contributed by atoms with Crippen molar-refractivity contribution >= 4 is 17.3 Å². The molecule has 1 aliphatic rings. The highest BCUT2D eigenvalue weighted by atomic mass is 16.2.